The van der Waals surface area contributed by atoms with Crippen LogP contribution >= 0.6 is 0 Å². The van der Waals surface area contributed by atoms with E-state index in [0.29, 0.717) is 18.1 Å². The Kier molecular flexibility index (Phi) is 7.53. The zero-order valence-corrected chi connectivity index (χ0v) is 18.7. The average Bonchev–Trinajstić information content (AvgIpc) is 3.31. The van der Waals surface area contributed by atoms with Crippen molar-refractivity contribution in [3.8, 4) is 11.5 Å². The molecule has 9 heteroatoms. The number of carbonyl (C=O) groups excluding carboxylic acids is 1. The maximum Gasteiger partial charge on any atom is 0.251 e. The summed E-state index contributed by atoms with van der Waals surface area (Å²) in [6, 6.07) is 10.9. The summed E-state index contributed by atoms with van der Waals surface area (Å²) in [7, 11) is -0.634. The third-order valence-corrected chi connectivity index (χ3v) is 6.61. The SMILES string of the molecule is COc1ccc(C(C)NC(=O)c2cccc(S(=O)(=O)NCC3CCCO3)c2)c(OC)c1. The number of benzene rings is 2. The van der Waals surface area contributed by atoms with E-state index in [9.17, 15) is 13.2 Å². The molecule has 3 rings (SSSR count). The van der Waals surface area contributed by atoms with Crippen LogP contribution in [0.2, 0.25) is 0 Å². The van der Waals surface area contributed by atoms with E-state index < -0.39 is 10.0 Å². The highest BCUT2D eigenvalue weighted by Crippen LogP contribution is 2.29. The van der Waals surface area contributed by atoms with Crippen molar-refractivity contribution in [3.63, 3.8) is 0 Å². The van der Waals surface area contributed by atoms with Gasteiger partial charge in [0.25, 0.3) is 5.91 Å². The maximum absolute atomic E-state index is 12.8. The molecular weight excluding hydrogens is 420 g/mol. The van der Waals surface area contributed by atoms with Gasteiger partial charge in [-0.25, -0.2) is 13.1 Å². The monoisotopic (exact) mass is 448 g/mol. The normalized spacial score (nSPS) is 17.2. The lowest BCUT2D eigenvalue weighted by atomic mass is 10.1. The Balaban J connectivity index is 1.71. The van der Waals surface area contributed by atoms with E-state index >= 15 is 0 Å². The van der Waals surface area contributed by atoms with Crippen LogP contribution in [0.25, 0.3) is 0 Å². The van der Waals surface area contributed by atoms with Crippen molar-refractivity contribution in [2.24, 2.45) is 0 Å². The van der Waals surface area contributed by atoms with Crippen molar-refractivity contribution in [2.45, 2.75) is 36.8 Å². The summed E-state index contributed by atoms with van der Waals surface area (Å²) in [6.07, 6.45) is 1.65. The van der Waals surface area contributed by atoms with Crippen molar-refractivity contribution < 1.29 is 27.4 Å². The van der Waals surface area contributed by atoms with Crippen LogP contribution in [-0.2, 0) is 14.8 Å². The summed E-state index contributed by atoms with van der Waals surface area (Å²) < 4.78 is 43.9. The smallest absolute Gasteiger partial charge is 0.251 e. The zero-order valence-electron chi connectivity index (χ0n) is 17.9. The van der Waals surface area contributed by atoms with Crippen molar-refractivity contribution in [3.05, 3.63) is 53.6 Å². The lowest BCUT2D eigenvalue weighted by Crippen LogP contribution is -2.32. The second-order valence-corrected chi connectivity index (χ2v) is 9.08. The molecule has 1 fully saturated rings. The Morgan fingerprint density at radius 1 is 1.19 bits per heavy atom. The van der Waals surface area contributed by atoms with Gasteiger partial charge in [-0.15, -0.1) is 0 Å². The van der Waals surface area contributed by atoms with E-state index in [2.05, 4.69) is 10.0 Å². The van der Waals surface area contributed by atoms with Gasteiger partial charge < -0.3 is 19.5 Å². The zero-order chi connectivity index (χ0) is 22.4. The summed E-state index contributed by atoms with van der Waals surface area (Å²) in [5.74, 6) is 0.843. The highest BCUT2D eigenvalue weighted by atomic mass is 32.2. The van der Waals surface area contributed by atoms with E-state index in [0.717, 1.165) is 18.4 Å². The van der Waals surface area contributed by atoms with E-state index in [1.165, 1.54) is 12.1 Å². The number of hydrogen-bond donors (Lipinski definition) is 2. The first-order valence-corrected chi connectivity index (χ1v) is 11.6. The number of nitrogens with one attached hydrogen (secondary N) is 2. The second-order valence-electron chi connectivity index (χ2n) is 7.32. The van der Waals surface area contributed by atoms with Gasteiger partial charge in [-0.3, -0.25) is 4.79 Å². The molecule has 168 valence electrons. The first-order valence-electron chi connectivity index (χ1n) is 10.1. The summed E-state index contributed by atoms with van der Waals surface area (Å²) in [5.41, 5.74) is 1.03. The van der Waals surface area contributed by atoms with E-state index in [1.54, 1.807) is 38.5 Å². The number of methoxy groups -OCH3 is 2. The molecule has 0 radical (unpaired) electrons. The third-order valence-electron chi connectivity index (χ3n) is 5.19. The summed E-state index contributed by atoms with van der Waals surface area (Å²) in [5, 5.41) is 2.89. The molecule has 2 aromatic rings. The van der Waals surface area contributed by atoms with Gasteiger partial charge in [-0.1, -0.05) is 6.07 Å². The molecule has 1 saturated heterocycles. The highest BCUT2D eigenvalue weighted by molar-refractivity contribution is 7.89. The molecule has 0 saturated carbocycles. The van der Waals surface area contributed by atoms with Crippen LogP contribution in [-0.4, -0.2) is 47.8 Å². The van der Waals surface area contributed by atoms with Gasteiger partial charge in [0, 0.05) is 30.3 Å². The minimum Gasteiger partial charge on any atom is -0.497 e. The van der Waals surface area contributed by atoms with Crippen LogP contribution in [0.5, 0.6) is 11.5 Å². The summed E-state index contributed by atoms with van der Waals surface area (Å²) in [4.78, 5) is 12.8. The molecular formula is C22H28N2O6S. The predicted octanol–water partition coefficient (Wildman–Crippen LogP) is 2.65. The Bertz CT molecular complexity index is 1020. The number of carbonyl (C=O) groups is 1. The van der Waals surface area contributed by atoms with Crippen LogP contribution < -0.4 is 19.5 Å². The van der Waals surface area contributed by atoms with Crippen LogP contribution in [0, 0.1) is 0 Å². The summed E-state index contributed by atoms with van der Waals surface area (Å²) in [6.45, 7) is 2.69. The average molecular weight is 449 g/mol. The number of ether oxygens (including phenoxy) is 3. The Labute approximate surface area is 182 Å². The first kappa shape index (κ1) is 23.1. The van der Waals surface area contributed by atoms with Gasteiger partial charge in [0.2, 0.25) is 10.0 Å². The fraction of sp³-hybridized carbons (Fsp3) is 0.409. The number of amides is 1. The molecule has 0 bridgehead atoms. The lowest BCUT2D eigenvalue weighted by Gasteiger charge is -2.18. The Morgan fingerprint density at radius 2 is 2.00 bits per heavy atom. The quantitative estimate of drug-likeness (QED) is 0.611. The highest BCUT2D eigenvalue weighted by Gasteiger charge is 2.22. The summed E-state index contributed by atoms with van der Waals surface area (Å²) >= 11 is 0. The van der Waals surface area contributed by atoms with Crippen molar-refractivity contribution in [1.82, 2.24) is 10.0 Å². The molecule has 1 aliphatic rings. The van der Waals surface area contributed by atoms with Crippen molar-refractivity contribution in [1.29, 1.82) is 0 Å². The molecule has 0 aromatic heterocycles. The molecule has 0 aliphatic carbocycles. The topological polar surface area (TPSA) is 103 Å². The fourth-order valence-electron chi connectivity index (χ4n) is 3.43. The largest absolute Gasteiger partial charge is 0.497 e. The van der Waals surface area contributed by atoms with Crippen LogP contribution in [0.3, 0.4) is 0 Å². The van der Waals surface area contributed by atoms with Crippen molar-refractivity contribution in [2.75, 3.05) is 27.4 Å². The minimum atomic E-state index is -3.75. The minimum absolute atomic E-state index is 0.0350. The van der Waals surface area contributed by atoms with Crippen molar-refractivity contribution >= 4 is 15.9 Å². The Hall–Kier alpha value is -2.62. The predicted molar refractivity (Wildman–Crippen MR) is 116 cm³/mol. The van der Waals surface area contributed by atoms with Gasteiger partial charge in [0.1, 0.15) is 11.5 Å². The van der Waals surface area contributed by atoms with Crippen LogP contribution in [0.15, 0.2) is 47.4 Å². The standard InChI is InChI=1S/C22H28N2O6S/c1-15(20-10-9-17(28-2)13-21(20)29-3)24-22(25)16-6-4-8-19(12-16)31(26,27)23-14-18-7-5-11-30-18/h4,6,8-10,12-13,15,18,23H,5,7,11,14H2,1-3H3,(H,24,25). The molecule has 0 spiro atoms. The van der Waals surface area contributed by atoms with E-state index in [-0.39, 0.29) is 35.1 Å². The van der Waals surface area contributed by atoms with Gasteiger partial charge in [0.15, 0.2) is 0 Å². The number of hydrogen-bond acceptors (Lipinski definition) is 6. The lowest BCUT2D eigenvalue weighted by molar-refractivity contribution is 0.0939. The molecule has 31 heavy (non-hydrogen) atoms. The fourth-order valence-corrected chi connectivity index (χ4v) is 4.54. The molecule has 1 aliphatic heterocycles. The molecule has 1 heterocycles. The molecule has 1 amide bonds. The number of rotatable bonds is 9. The molecule has 2 atom stereocenters. The maximum atomic E-state index is 12.8. The van der Waals surface area contributed by atoms with Crippen LogP contribution in [0.1, 0.15) is 41.7 Å². The van der Waals surface area contributed by atoms with Gasteiger partial charge in [-0.05, 0) is 50.1 Å². The van der Waals surface area contributed by atoms with E-state index in [1.807, 2.05) is 13.0 Å². The van der Waals surface area contributed by atoms with Gasteiger partial charge >= 0.3 is 0 Å². The molecule has 8 nitrogen and oxygen atoms in total. The second kappa shape index (κ2) is 10.1. The van der Waals surface area contributed by atoms with E-state index in [4.69, 9.17) is 14.2 Å². The third kappa shape index (κ3) is 5.75. The molecule has 2 aromatic carbocycles. The molecule has 2 unspecified atom stereocenters. The van der Waals surface area contributed by atoms with Gasteiger partial charge in [-0.2, -0.15) is 0 Å². The van der Waals surface area contributed by atoms with Crippen LogP contribution in [0.4, 0.5) is 0 Å². The Morgan fingerprint density at radius 3 is 2.68 bits per heavy atom. The van der Waals surface area contributed by atoms with Gasteiger partial charge in [0.05, 0.1) is 31.3 Å². The molecule has 2 N–H and O–H groups in total. The number of sulfonamides is 1. The first-order chi connectivity index (χ1) is 14.8.